The van der Waals surface area contributed by atoms with E-state index in [2.05, 4.69) is 4.98 Å². The molecule has 0 amide bonds. The Morgan fingerprint density at radius 2 is 2.33 bits per heavy atom. The lowest BCUT2D eigenvalue weighted by atomic mass is 10.1. The highest BCUT2D eigenvalue weighted by molar-refractivity contribution is 5.73. The molecule has 1 N–H and O–H groups in total. The summed E-state index contributed by atoms with van der Waals surface area (Å²) >= 11 is 0. The van der Waals surface area contributed by atoms with Crippen LogP contribution in [0.25, 0.3) is 11.3 Å². The summed E-state index contributed by atoms with van der Waals surface area (Å²) in [6.07, 6.45) is 0.832. The molecule has 18 heavy (non-hydrogen) atoms. The van der Waals surface area contributed by atoms with E-state index in [1.54, 1.807) is 6.07 Å². The maximum Gasteiger partial charge on any atom is 0.311 e. The summed E-state index contributed by atoms with van der Waals surface area (Å²) in [5.74, 6) is -1.28. The van der Waals surface area contributed by atoms with Gasteiger partial charge in [-0.05, 0) is 18.2 Å². The van der Waals surface area contributed by atoms with Gasteiger partial charge in [0.1, 0.15) is 17.9 Å². The number of aliphatic carboxylic acids is 1. The van der Waals surface area contributed by atoms with Gasteiger partial charge < -0.3 is 14.3 Å². The van der Waals surface area contributed by atoms with Crippen LogP contribution in [0.4, 0.5) is 4.39 Å². The summed E-state index contributed by atoms with van der Waals surface area (Å²) in [6.45, 7) is 0. The van der Waals surface area contributed by atoms with Crippen LogP contribution >= 0.6 is 0 Å². The molecule has 2 rings (SSSR count). The molecule has 1 aromatic heterocycles. The lowest BCUT2D eigenvalue weighted by Crippen LogP contribution is -2.00. The van der Waals surface area contributed by atoms with Crippen LogP contribution in [-0.4, -0.2) is 23.2 Å². The molecule has 0 aliphatic carbocycles. The standard InChI is InChI=1S/C12H10FNO4/c1-17-9-3-2-7(4-8(9)13)12-10(5-11(15)16)18-6-14-12/h2-4,6H,5H2,1H3,(H,15,16). The van der Waals surface area contributed by atoms with Crippen molar-refractivity contribution in [1.82, 2.24) is 4.98 Å². The summed E-state index contributed by atoms with van der Waals surface area (Å²) in [5, 5.41) is 8.71. The van der Waals surface area contributed by atoms with Gasteiger partial charge >= 0.3 is 5.97 Å². The molecule has 0 bridgehead atoms. The minimum atomic E-state index is -1.04. The Morgan fingerprint density at radius 3 is 2.94 bits per heavy atom. The highest BCUT2D eigenvalue weighted by Crippen LogP contribution is 2.27. The Morgan fingerprint density at radius 1 is 1.56 bits per heavy atom. The molecule has 1 heterocycles. The van der Waals surface area contributed by atoms with Gasteiger partial charge in [-0.3, -0.25) is 4.79 Å². The predicted molar refractivity (Wildman–Crippen MR) is 59.8 cm³/mol. The molecule has 1 aromatic carbocycles. The van der Waals surface area contributed by atoms with Gasteiger partial charge in [0.15, 0.2) is 18.0 Å². The van der Waals surface area contributed by atoms with Gasteiger partial charge in [0, 0.05) is 5.56 Å². The van der Waals surface area contributed by atoms with E-state index in [1.165, 1.54) is 19.2 Å². The first-order chi connectivity index (χ1) is 8.61. The van der Waals surface area contributed by atoms with E-state index in [4.69, 9.17) is 14.3 Å². The highest BCUT2D eigenvalue weighted by atomic mass is 19.1. The number of oxazole rings is 1. The molecule has 94 valence electrons. The monoisotopic (exact) mass is 251 g/mol. The van der Waals surface area contributed by atoms with Gasteiger partial charge in [-0.2, -0.15) is 0 Å². The maximum absolute atomic E-state index is 13.5. The molecule has 0 radical (unpaired) electrons. The van der Waals surface area contributed by atoms with Crippen molar-refractivity contribution in [3.05, 3.63) is 36.2 Å². The number of carboxylic acids is 1. The summed E-state index contributed by atoms with van der Waals surface area (Å²) in [4.78, 5) is 14.5. The number of nitrogens with zero attached hydrogens (tertiary/aromatic N) is 1. The molecule has 0 atom stereocenters. The molecule has 5 nitrogen and oxygen atoms in total. The SMILES string of the molecule is COc1ccc(-c2ncoc2CC(=O)O)cc1F. The predicted octanol–water partition coefficient (Wildman–Crippen LogP) is 2.12. The van der Waals surface area contributed by atoms with Crippen LogP contribution in [0.1, 0.15) is 5.76 Å². The lowest BCUT2D eigenvalue weighted by molar-refractivity contribution is -0.136. The van der Waals surface area contributed by atoms with Crippen molar-refractivity contribution < 1.29 is 23.4 Å². The third-order valence-electron chi connectivity index (χ3n) is 2.38. The quantitative estimate of drug-likeness (QED) is 0.900. The smallest absolute Gasteiger partial charge is 0.311 e. The average Bonchev–Trinajstić information content (AvgIpc) is 2.76. The van der Waals surface area contributed by atoms with Crippen LogP contribution in [0.2, 0.25) is 0 Å². The molecule has 0 aliphatic rings. The molecule has 0 fully saturated rings. The third kappa shape index (κ3) is 2.32. The second-order valence-electron chi connectivity index (χ2n) is 3.54. The zero-order valence-corrected chi connectivity index (χ0v) is 9.51. The van der Waals surface area contributed by atoms with E-state index in [0.29, 0.717) is 11.3 Å². The number of benzene rings is 1. The number of carboxylic acid groups (broad SMARTS) is 1. The van der Waals surface area contributed by atoms with Gasteiger partial charge in [-0.25, -0.2) is 9.37 Å². The molecular weight excluding hydrogens is 241 g/mol. The fraction of sp³-hybridized carbons (Fsp3) is 0.167. The fourth-order valence-electron chi connectivity index (χ4n) is 1.58. The molecule has 0 spiro atoms. The van der Waals surface area contributed by atoms with Crippen molar-refractivity contribution in [3.8, 4) is 17.0 Å². The molecule has 0 unspecified atom stereocenters. The van der Waals surface area contributed by atoms with Gasteiger partial charge in [0.05, 0.1) is 7.11 Å². The van der Waals surface area contributed by atoms with Crippen molar-refractivity contribution in [2.24, 2.45) is 0 Å². The second-order valence-corrected chi connectivity index (χ2v) is 3.54. The van der Waals surface area contributed by atoms with Crippen molar-refractivity contribution in [2.75, 3.05) is 7.11 Å². The first kappa shape index (κ1) is 12.1. The van der Waals surface area contributed by atoms with Crippen molar-refractivity contribution in [3.63, 3.8) is 0 Å². The molecule has 0 saturated heterocycles. The topological polar surface area (TPSA) is 72.6 Å². The first-order valence-electron chi connectivity index (χ1n) is 5.10. The minimum Gasteiger partial charge on any atom is -0.494 e. The van der Waals surface area contributed by atoms with E-state index in [0.717, 1.165) is 6.39 Å². The van der Waals surface area contributed by atoms with E-state index in [9.17, 15) is 9.18 Å². The molecule has 6 heteroatoms. The van der Waals surface area contributed by atoms with Crippen LogP contribution in [0.3, 0.4) is 0 Å². The second kappa shape index (κ2) is 4.87. The first-order valence-corrected chi connectivity index (χ1v) is 5.10. The average molecular weight is 251 g/mol. The number of aromatic nitrogens is 1. The van der Waals surface area contributed by atoms with Gasteiger partial charge in [-0.1, -0.05) is 0 Å². The number of hydrogen-bond acceptors (Lipinski definition) is 4. The summed E-state index contributed by atoms with van der Waals surface area (Å²) in [7, 11) is 1.37. The third-order valence-corrected chi connectivity index (χ3v) is 2.38. The van der Waals surface area contributed by atoms with Crippen LogP contribution in [0, 0.1) is 5.82 Å². The van der Waals surface area contributed by atoms with E-state index < -0.39 is 11.8 Å². The van der Waals surface area contributed by atoms with Gasteiger partial charge in [0.2, 0.25) is 0 Å². The normalized spacial score (nSPS) is 10.3. The Labute approximate surface area is 102 Å². The Kier molecular flexibility index (Phi) is 3.27. The Bertz CT molecular complexity index is 579. The van der Waals surface area contributed by atoms with Gasteiger partial charge in [0.25, 0.3) is 0 Å². The molecule has 2 aromatic rings. The lowest BCUT2D eigenvalue weighted by Gasteiger charge is -2.04. The van der Waals surface area contributed by atoms with Gasteiger partial charge in [-0.15, -0.1) is 0 Å². The number of rotatable bonds is 4. The largest absolute Gasteiger partial charge is 0.494 e. The molecular formula is C12H10FNO4. The Hall–Kier alpha value is -2.37. The highest BCUT2D eigenvalue weighted by Gasteiger charge is 2.15. The number of ether oxygens (including phenoxy) is 1. The fourth-order valence-corrected chi connectivity index (χ4v) is 1.58. The summed E-state index contributed by atoms with van der Waals surface area (Å²) in [6, 6.07) is 4.26. The zero-order chi connectivity index (χ0) is 13.1. The van der Waals surface area contributed by atoms with E-state index >= 15 is 0 Å². The van der Waals surface area contributed by atoms with Crippen LogP contribution < -0.4 is 4.74 Å². The van der Waals surface area contributed by atoms with E-state index in [1.807, 2.05) is 0 Å². The van der Waals surface area contributed by atoms with Crippen molar-refractivity contribution in [1.29, 1.82) is 0 Å². The number of hydrogen-bond donors (Lipinski definition) is 1. The van der Waals surface area contributed by atoms with Crippen LogP contribution in [0.15, 0.2) is 29.0 Å². The van der Waals surface area contributed by atoms with Crippen LogP contribution in [0.5, 0.6) is 5.75 Å². The minimum absolute atomic E-state index is 0.113. The van der Waals surface area contributed by atoms with Crippen LogP contribution in [-0.2, 0) is 11.2 Å². The number of halogens is 1. The molecule has 0 saturated carbocycles. The number of carbonyl (C=O) groups is 1. The maximum atomic E-state index is 13.5. The summed E-state index contributed by atoms with van der Waals surface area (Å²) in [5.41, 5.74) is 0.761. The molecule has 0 aliphatic heterocycles. The summed E-state index contributed by atoms with van der Waals surface area (Å²) < 4.78 is 23.3. The zero-order valence-electron chi connectivity index (χ0n) is 9.51. The van der Waals surface area contributed by atoms with Crippen molar-refractivity contribution >= 4 is 5.97 Å². The number of methoxy groups -OCH3 is 1. The Balaban J connectivity index is 2.40. The van der Waals surface area contributed by atoms with E-state index in [-0.39, 0.29) is 17.9 Å². The van der Waals surface area contributed by atoms with Crippen molar-refractivity contribution in [2.45, 2.75) is 6.42 Å².